The minimum absolute atomic E-state index is 0.103. The predicted octanol–water partition coefficient (Wildman–Crippen LogP) is 1.17. The molecule has 1 aromatic rings. The Morgan fingerprint density at radius 3 is 2.65 bits per heavy atom. The van der Waals surface area contributed by atoms with Gasteiger partial charge in [-0.15, -0.1) is 0 Å². The topological polar surface area (TPSA) is 88.4 Å². The first-order valence-electron chi connectivity index (χ1n) is 8.49. The summed E-state index contributed by atoms with van der Waals surface area (Å²) in [6.45, 7) is 0.103. The molecule has 0 amide bonds. The summed E-state index contributed by atoms with van der Waals surface area (Å²) in [5.41, 5.74) is 1.08. The Labute approximate surface area is 156 Å². The zero-order valence-electron chi connectivity index (χ0n) is 13.9. The van der Waals surface area contributed by atoms with Gasteiger partial charge in [0.1, 0.15) is 24.4 Å². The fourth-order valence-electron chi connectivity index (χ4n) is 3.53. The Morgan fingerprint density at radius 1 is 1.15 bits per heavy atom. The van der Waals surface area contributed by atoms with Crippen molar-refractivity contribution in [3.63, 3.8) is 0 Å². The lowest BCUT2D eigenvalue weighted by Crippen LogP contribution is -2.68. The van der Waals surface area contributed by atoms with Crippen molar-refractivity contribution in [2.75, 3.05) is 6.61 Å². The number of thiocarbonyl (C=S) groups is 1. The van der Waals surface area contributed by atoms with Crippen LogP contribution in [0.5, 0.6) is 0 Å². The van der Waals surface area contributed by atoms with E-state index in [0.717, 1.165) is 5.56 Å². The minimum atomic E-state index is -2.10. The van der Waals surface area contributed by atoms with Gasteiger partial charge in [0.25, 0.3) is 0 Å². The molecule has 4 rings (SSSR count). The molecule has 138 valence electrons. The number of hydrogen-bond donors (Lipinski definition) is 3. The molecule has 0 spiro atoms. The van der Waals surface area contributed by atoms with Gasteiger partial charge in [-0.2, -0.15) is 0 Å². The number of rotatable bonds is 2. The average molecular weight is 376 g/mol. The molecule has 2 aliphatic heterocycles. The van der Waals surface area contributed by atoms with Gasteiger partial charge in [-0.1, -0.05) is 60.8 Å². The van der Waals surface area contributed by atoms with Crippen molar-refractivity contribution in [1.82, 2.24) is 0 Å². The molecule has 1 unspecified atom stereocenters. The standard InChI is InChI=1S/C19H20O6S/c20-15-16-13(10-23-18(24-16)11-6-2-1-3-7-11)25-19(22,17(15)21)12-8-4-5-9-14(12)26/h1-8,13,15-18,20-22H,9-10H2/t13-,15+,16+,17-,18?,19-/m1/s1. The zero-order valence-corrected chi connectivity index (χ0v) is 14.7. The normalized spacial score (nSPS) is 40.0. The van der Waals surface area contributed by atoms with Gasteiger partial charge in [-0.3, -0.25) is 0 Å². The summed E-state index contributed by atoms with van der Waals surface area (Å²) in [4.78, 5) is 0.458. The van der Waals surface area contributed by atoms with Crippen LogP contribution in [0.1, 0.15) is 18.3 Å². The fourth-order valence-corrected chi connectivity index (χ4v) is 3.84. The molecule has 0 radical (unpaired) electrons. The summed E-state index contributed by atoms with van der Waals surface area (Å²) in [5.74, 6) is -2.10. The van der Waals surface area contributed by atoms with Crippen LogP contribution in [0.2, 0.25) is 0 Å². The molecule has 3 aliphatic rings. The van der Waals surface area contributed by atoms with E-state index >= 15 is 0 Å². The number of allylic oxidation sites excluding steroid dienone is 3. The lowest BCUT2D eigenvalue weighted by molar-refractivity contribution is -0.380. The van der Waals surface area contributed by atoms with Crippen molar-refractivity contribution in [1.29, 1.82) is 0 Å². The van der Waals surface area contributed by atoms with Crippen LogP contribution in [0.25, 0.3) is 0 Å². The summed E-state index contributed by atoms with van der Waals surface area (Å²) < 4.78 is 17.3. The van der Waals surface area contributed by atoms with Crippen LogP contribution in [0.4, 0.5) is 0 Å². The molecule has 1 aromatic carbocycles. The van der Waals surface area contributed by atoms with Gasteiger partial charge < -0.3 is 29.5 Å². The second kappa shape index (κ2) is 6.94. The second-order valence-corrected chi connectivity index (χ2v) is 7.09. The first-order valence-corrected chi connectivity index (χ1v) is 8.90. The van der Waals surface area contributed by atoms with Gasteiger partial charge in [0.05, 0.1) is 6.61 Å². The Bertz CT molecular complexity index is 746. The van der Waals surface area contributed by atoms with Gasteiger partial charge in [-0.05, 0) is 0 Å². The highest BCUT2D eigenvalue weighted by molar-refractivity contribution is 7.80. The molecule has 3 N–H and O–H groups in total. The number of aliphatic hydroxyl groups is 3. The molecule has 26 heavy (non-hydrogen) atoms. The number of aliphatic hydroxyl groups excluding tert-OH is 2. The lowest BCUT2D eigenvalue weighted by Gasteiger charge is -2.50. The third kappa shape index (κ3) is 2.95. The third-order valence-electron chi connectivity index (χ3n) is 4.91. The van der Waals surface area contributed by atoms with E-state index in [1.807, 2.05) is 36.4 Å². The van der Waals surface area contributed by atoms with Crippen LogP contribution in [-0.2, 0) is 14.2 Å². The maximum absolute atomic E-state index is 11.0. The largest absolute Gasteiger partial charge is 0.387 e. The smallest absolute Gasteiger partial charge is 0.223 e. The molecular formula is C19H20O6S. The summed E-state index contributed by atoms with van der Waals surface area (Å²) in [7, 11) is 0. The zero-order chi connectivity index (χ0) is 18.3. The van der Waals surface area contributed by atoms with E-state index in [1.165, 1.54) is 0 Å². The van der Waals surface area contributed by atoms with Gasteiger partial charge in [-0.25, -0.2) is 0 Å². The van der Waals surface area contributed by atoms with Crippen LogP contribution >= 0.6 is 12.2 Å². The van der Waals surface area contributed by atoms with Crippen LogP contribution in [0.15, 0.2) is 54.1 Å². The molecule has 6 nitrogen and oxygen atoms in total. The van der Waals surface area contributed by atoms with Gasteiger partial charge in [0.15, 0.2) is 6.29 Å². The van der Waals surface area contributed by atoms with E-state index in [0.29, 0.717) is 11.3 Å². The first-order chi connectivity index (χ1) is 12.5. The Hall–Kier alpha value is -1.45. The molecule has 0 bridgehead atoms. The van der Waals surface area contributed by atoms with Crippen molar-refractivity contribution in [2.45, 2.75) is 42.9 Å². The third-order valence-corrected chi connectivity index (χ3v) is 5.30. The first kappa shape index (κ1) is 17.9. The molecule has 6 atom stereocenters. The Kier molecular flexibility index (Phi) is 4.79. The number of ether oxygens (including phenoxy) is 3. The molecule has 1 aliphatic carbocycles. The minimum Gasteiger partial charge on any atom is -0.387 e. The summed E-state index contributed by atoms with van der Waals surface area (Å²) in [6.07, 6.45) is 0.430. The SMILES string of the molecule is O[C@H]1[C@H]2OC(c3ccccc3)OC[C@H]2O[C@](O)(C2=CC=CCC2=S)[C@@H]1O. The summed E-state index contributed by atoms with van der Waals surface area (Å²) in [6, 6.07) is 9.31. The van der Waals surface area contributed by atoms with Crippen molar-refractivity contribution in [3.8, 4) is 0 Å². The molecule has 0 aromatic heterocycles. The van der Waals surface area contributed by atoms with E-state index in [4.69, 9.17) is 26.4 Å². The number of hydrogen-bond acceptors (Lipinski definition) is 7. The maximum atomic E-state index is 11.0. The highest BCUT2D eigenvalue weighted by Gasteiger charge is 2.57. The summed E-state index contributed by atoms with van der Waals surface area (Å²) >= 11 is 5.29. The monoisotopic (exact) mass is 376 g/mol. The Balaban J connectivity index is 1.58. The predicted molar refractivity (Wildman–Crippen MR) is 96.3 cm³/mol. The van der Waals surface area contributed by atoms with Crippen LogP contribution in [0.3, 0.4) is 0 Å². The quantitative estimate of drug-likeness (QED) is 0.668. The van der Waals surface area contributed by atoms with Gasteiger partial charge in [0, 0.05) is 22.4 Å². The van der Waals surface area contributed by atoms with Crippen molar-refractivity contribution < 1.29 is 29.5 Å². The highest BCUT2D eigenvalue weighted by Crippen LogP contribution is 2.40. The summed E-state index contributed by atoms with van der Waals surface area (Å²) in [5, 5.41) is 32.2. The lowest BCUT2D eigenvalue weighted by atomic mass is 9.84. The van der Waals surface area contributed by atoms with Crippen LogP contribution < -0.4 is 0 Å². The molecule has 7 heteroatoms. The number of fused-ring (bicyclic) bond motifs is 1. The van der Waals surface area contributed by atoms with E-state index < -0.39 is 36.5 Å². The van der Waals surface area contributed by atoms with Crippen molar-refractivity contribution in [2.24, 2.45) is 0 Å². The number of benzene rings is 1. The van der Waals surface area contributed by atoms with E-state index in [-0.39, 0.29) is 12.2 Å². The fraction of sp³-hybridized carbons (Fsp3) is 0.421. The van der Waals surface area contributed by atoms with Gasteiger partial charge >= 0.3 is 0 Å². The molecule has 0 saturated carbocycles. The van der Waals surface area contributed by atoms with Crippen molar-refractivity contribution >= 4 is 17.1 Å². The highest BCUT2D eigenvalue weighted by atomic mass is 32.1. The molecule has 2 saturated heterocycles. The van der Waals surface area contributed by atoms with E-state index in [1.54, 1.807) is 12.2 Å². The van der Waals surface area contributed by atoms with Crippen LogP contribution in [-0.4, -0.2) is 57.0 Å². The maximum Gasteiger partial charge on any atom is 0.223 e. The average Bonchev–Trinajstić information content (AvgIpc) is 2.67. The molecule has 2 fully saturated rings. The second-order valence-electron chi connectivity index (χ2n) is 6.60. The Morgan fingerprint density at radius 2 is 1.92 bits per heavy atom. The van der Waals surface area contributed by atoms with E-state index in [2.05, 4.69) is 0 Å². The van der Waals surface area contributed by atoms with Gasteiger partial charge in [0.2, 0.25) is 5.79 Å². The molecular weight excluding hydrogens is 356 g/mol. The molecule has 2 heterocycles. The van der Waals surface area contributed by atoms with Crippen LogP contribution in [0, 0.1) is 0 Å². The van der Waals surface area contributed by atoms with Crippen molar-refractivity contribution in [3.05, 3.63) is 59.7 Å². The van der Waals surface area contributed by atoms with E-state index in [9.17, 15) is 15.3 Å².